The van der Waals surface area contributed by atoms with Crippen molar-refractivity contribution < 1.29 is 36.6 Å². The second-order valence-electron chi connectivity index (χ2n) is 10.9. The number of carbonyl (C=O) groups is 1. The molecule has 1 aliphatic rings. The lowest BCUT2D eigenvalue weighted by atomic mass is 9.84. The number of aromatic nitrogens is 4. The van der Waals surface area contributed by atoms with Crippen LogP contribution < -0.4 is 9.47 Å². The minimum absolute atomic E-state index is 0.0213. The van der Waals surface area contributed by atoms with Crippen molar-refractivity contribution in [3.63, 3.8) is 0 Å². The third kappa shape index (κ3) is 5.87. The highest BCUT2D eigenvalue weighted by Gasteiger charge is 2.36. The lowest BCUT2D eigenvalue weighted by Crippen LogP contribution is -2.36. The van der Waals surface area contributed by atoms with Crippen LogP contribution in [-0.2, 0) is 28.4 Å². The summed E-state index contributed by atoms with van der Waals surface area (Å²) in [5, 5.41) is 20.9. The number of thiophene rings is 1. The summed E-state index contributed by atoms with van der Waals surface area (Å²) in [4.78, 5) is 16.2. The van der Waals surface area contributed by atoms with Gasteiger partial charge in [-0.1, -0.05) is 29.8 Å². The summed E-state index contributed by atoms with van der Waals surface area (Å²) in [6, 6.07) is 8.20. The number of rotatable bonds is 9. The van der Waals surface area contributed by atoms with Crippen LogP contribution in [-0.4, -0.2) is 63.0 Å². The molecule has 0 aliphatic carbocycles. The Labute approximate surface area is 271 Å². The molecule has 46 heavy (non-hydrogen) atoms. The molecular formula is C30H28ClF2N5O6S2. The summed E-state index contributed by atoms with van der Waals surface area (Å²) in [5.41, 5.74) is 2.72. The monoisotopic (exact) mass is 691 g/mol. The maximum atomic E-state index is 14.0. The van der Waals surface area contributed by atoms with Crippen LogP contribution in [0.15, 0.2) is 46.8 Å². The van der Waals surface area contributed by atoms with Gasteiger partial charge in [-0.05, 0) is 70.6 Å². The molecule has 6 rings (SSSR count). The molecular weight excluding hydrogens is 664 g/mol. The number of benzene rings is 2. The summed E-state index contributed by atoms with van der Waals surface area (Å²) in [5.74, 6) is -2.15. The van der Waals surface area contributed by atoms with E-state index in [1.54, 1.807) is 20.0 Å². The summed E-state index contributed by atoms with van der Waals surface area (Å²) < 4.78 is 69.2. The van der Waals surface area contributed by atoms with Crippen LogP contribution in [0, 0.1) is 6.92 Å². The van der Waals surface area contributed by atoms with Crippen LogP contribution >= 0.6 is 22.9 Å². The Morgan fingerprint density at radius 2 is 2.07 bits per heavy atom. The maximum absolute atomic E-state index is 14.0. The first-order valence-electron chi connectivity index (χ1n) is 14.2. The molecule has 0 spiro atoms. The number of nitrogens with zero attached hydrogens (tertiary/aromatic N) is 5. The molecule has 16 heteroatoms. The fourth-order valence-electron chi connectivity index (χ4n) is 5.86. The molecule has 1 aliphatic heterocycles. The number of hydrogen-bond acceptors (Lipinski definition) is 9. The number of carboxylic acid groups (broad SMARTS) is 1. The van der Waals surface area contributed by atoms with Gasteiger partial charge in [-0.25, -0.2) is 18.1 Å². The van der Waals surface area contributed by atoms with E-state index in [0.717, 1.165) is 10.1 Å². The molecule has 242 valence electrons. The number of fused-ring (bicyclic) bond motifs is 3. The molecule has 0 fully saturated rings. The largest absolute Gasteiger partial charge is 0.481 e. The number of ether oxygens (including phenoxy) is 2. The molecule has 0 saturated heterocycles. The quantitative estimate of drug-likeness (QED) is 0.194. The van der Waals surface area contributed by atoms with Gasteiger partial charge >= 0.3 is 12.6 Å². The molecule has 0 amide bonds. The third-order valence-corrected chi connectivity index (χ3v) is 11.1. The lowest BCUT2D eigenvalue weighted by molar-refractivity contribution is -0.137. The highest BCUT2D eigenvalue weighted by molar-refractivity contribution is 7.89. The van der Waals surface area contributed by atoms with Crippen molar-refractivity contribution in [2.24, 2.45) is 7.05 Å². The standard InChI is InChI=1S/C30H28ClF2N5O6S2/c1-4-20-14-38(46(41,42)24-9-19(31)12-34-29(24)43-20)13-18-8-17(7-16-5-6-45-28(16)18)22(11-25(39)40)21-10-23(44-30(32)33)27-26(15(21)2)35-36-37(27)3/h5-10,12,20,22,30H,4,11,13-14H2,1-3H3,(H,39,40)/t20-,22+/m1/s1. The molecule has 5 aromatic rings. The average molecular weight is 692 g/mol. The summed E-state index contributed by atoms with van der Waals surface area (Å²) in [7, 11) is -2.57. The molecule has 11 nitrogen and oxygen atoms in total. The SMILES string of the molecule is CC[C@@H]1CN(Cc2cc([C@H](CC(=O)O)c3cc(OC(F)F)c4c(nnn4C)c3C)cc3ccsc23)S(=O)(=O)c2cc(Cl)cnc2O1. The van der Waals surface area contributed by atoms with Gasteiger partial charge in [0.2, 0.25) is 15.9 Å². The molecule has 2 atom stereocenters. The molecule has 0 saturated carbocycles. The van der Waals surface area contributed by atoms with Crippen molar-refractivity contribution in [1.29, 1.82) is 0 Å². The van der Waals surface area contributed by atoms with Gasteiger partial charge in [0.25, 0.3) is 0 Å². The zero-order valence-electron chi connectivity index (χ0n) is 24.8. The predicted octanol–water partition coefficient (Wildman–Crippen LogP) is 6.11. The van der Waals surface area contributed by atoms with Crippen LogP contribution in [0.1, 0.15) is 47.9 Å². The minimum atomic E-state index is -4.12. The van der Waals surface area contributed by atoms with Crippen molar-refractivity contribution in [1.82, 2.24) is 24.3 Å². The van der Waals surface area contributed by atoms with Gasteiger partial charge in [0, 0.05) is 30.4 Å². The number of aliphatic carboxylic acids is 1. The normalized spacial score (nSPS) is 17.2. The van der Waals surface area contributed by atoms with E-state index in [9.17, 15) is 27.1 Å². The van der Waals surface area contributed by atoms with Crippen LogP contribution in [0.3, 0.4) is 0 Å². The van der Waals surface area contributed by atoms with Crippen LogP contribution in [0.2, 0.25) is 5.02 Å². The van der Waals surface area contributed by atoms with Crippen LogP contribution in [0.4, 0.5) is 8.78 Å². The van der Waals surface area contributed by atoms with Gasteiger partial charge in [-0.3, -0.25) is 4.79 Å². The molecule has 3 aromatic heterocycles. The summed E-state index contributed by atoms with van der Waals surface area (Å²) >= 11 is 7.56. The molecule has 1 N–H and O–H groups in total. The first-order chi connectivity index (χ1) is 21.9. The van der Waals surface area contributed by atoms with Crippen molar-refractivity contribution >= 4 is 60.0 Å². The highest BCUT2D eigenvalue weighted by Crippen LogP contribution is 2.41. The van der Waals surface area contributed by atoms with Crippen molar-refractivity contribution in [3.05, 3.63) is 69.2 Å². The minimum Gasteiger partial charge on any atom is -0.481 e. The van der Waals surface area contributed by atoms with Crippen LogP contribution in [0.25, 0.3) is 21.1 Å². The zero-order chi connectivity index (χ0) is 32.9. The highest BCUT2D eigenvalue weighted by atomic mass is 35.5. The Hall–Kier alpha value is -3.92. The topological polar surface area (TPSA) is 137 Å². The van der Waals surface area contributed by atoms with Gasteiger partial charge in [0.15, 0.2) is 5.75 Å². The molecule has 4 heterocycles. The fourth-order valence-corrected chi connectivity index (χ4v) is 8.52. The zero-order valence-corrected chi connectivity index (χ0v) is 27.2. The summed E-state index contributed by atoms with van der Waals surface area (Å²) in [6.45, 7) is 0.456. The average Bonchev–Trinajstić information content (AvgIpc) is 3.62. The van der Waals surface area contributed by atoms with E-state index >= 15 is 0 Å². The van der Waals surface area contributed by atoms with Gasteiger partial charge in [-0.15, -0.1) is 16.4 Å². The van der Waals surface area contributed by atoms with E-state index in [1.165, 1.54) is 38.7 Å². The van der Waals surface area contributed by atoms with Gasteiger partial charge in [0.05, 0.1) is 18.0 Å². The first-order valence-corrected chi connectivity index (χ1v) is 16.9. The van der Waals surface area contributed by atoms with E-state index in [0.29, 0.717) is 34.2 Å². The van der Waals surface area contributed by atoms with Crippen molar-refractivity contribution in [2.45, 2.75) is 56.8 Å². The Balaban J connectivity index is 1.50. The first kappa shape index (κ1) is 32.0. The van der Waals surface area contributed by atoms with E-state index in [2.05, 4.69) is 15.3 Å². The van der Waals surface area contributed by atoms with Crippen molar-refractivity contribution in [2.75, 3.05) is 6.54 Å². The Bertz CT molecular complexity index is 2090. The Morgan fingerprint density at radius 1 is 1.28 bits per heavy atom. The number of pyridine rings is 1. The number of aryl methyl sites for hydroxylation is 2. The molecule has 0 unspecified atom stereocenters. The van der Waals surface area contributed by atoms with E-state index in [4.69, 9.17) is 21.1 Å². The van der Waals surface area contributed by atoms with Crippen molar-refractivity contribution in [3.8, 4) is 11.6 Å². The van der Waals surface area contributed by atoms with E-state index in [-0.39, 0.29) is 46.6 Å². The number of alkyl halides is 2. The molecule has 2 aromatic carbocycles. The Morgan fingerprint density at radius 3 is 2.78 bits per heavy atom. The Kier molecular flexibility index (Phi) is 8.61. The van der Waals surface area contributed by atoms with E-state index < -0.39 is 34.6 Å². The number of hydrogen-bond donors (Lipinski definition) is 1. The molecule has 0 bridgehead atoms. The summed E-state index contributed by atoms with van der Waals surface area (Å²) in [6.07, 6.45) is 0.970. The lowest BCUT2D eigenvalue weighted by Gasteiger charge is -2.24. The predicted molar refractivity (Wildman–Crippen MR) is 167 cm³/mol. The smallest absolute Gasteiger partial charge is 0.387 e. The number of carboxylic acids is 1. The maximum Gasteiger partial charge on any atom is 0.387 e. The molecule has 0 radical (unpaired) electrons. The second kappa shape index (κ2) is 12.4. The number of sulfonamides is 1. The van der Waals surface area contributed by atoms with Crippen LogP contribution in [0.5, 0.6) is 11.6 Å². The van der Waals surface area contributed by atoms with E-state index in [1.807, 2.05) is 24.4 Å². The van der Waals surface area contributed by atoms with Gasteiger partial charge < -0.3 is 14.6 Å². The second-order valence-corrected chi connectivity index (χ2v) is 14.2. The van der Waals surface area contributed by atoms with Gasteiger partial charge in [-0.2, -0.15) is 13.1 Å². The third-order valence-electron chi connectivity index (χ3n) is 8.05. The number of halogens is 3. The fraction of sp³-hybridized carbons (Fsp3) is 0.333. The van der Waals surface area contributed by atoms with Gasteiger partial charge in [0.1, 0.15) is 22.0 Å².